The number of piperazine rings is 1. The van der Waals surface area contributed by atoms with Crippen molar-refractivity contribution in [1.29, 1.82) is 0 Å². The first-order chi connectivity index (χ1) is 17.3. The number of halogens is 1. The van der Waals surface area contributed by atoms with E-state index in [1.165, 1.54) is 7.11 Å². The lowest BCUT2D eigenvalue weighted by molar-refractivity contribution is -0.142. The van der Waals surface area contributed by atoms with Crippen LogP contribution in [0.4, 0.5) is 16.3 Å². The number of carbonyl (C=O) groups excluding carboxylic acids is 2. The molecule has 2 amide bonds. The molecular formula is C26H31BrN6O3. The second kappa shape index (κ2) is 11.7. The van der Waals surface area contributed by atoms with Gasteiger partial charge in [-0.1, -0.05) is 48.0 Å². The van der Waals surface area contributed by atoms with E-state index >= 15 is 0 Å². The lowest BCUT2D eigenvalue weighted by Crippen LogP contribution is -2.49. The fourth-order valence-corrected chi connectivity index (χ4v) is 4.55. The van der Waals surface area contributed by atoms with Gasteiger partial charge in [0.15, 0.2) is 0 Å². The third-order valence-electron chi connectivity index (χ3n) is 6.16. The molecule has 1 aromatic heterocycles. The Morgan fingerprint density at radius 3 is 2.50 bits per heavy atom. The van der Waals surface area contributed by atoms with Gasteiger partial charge in [-0.2, -0.15) is 0 Å². The second-order valence-corrected chi connectivity index (χ2v) is 10.0. The minimum absolute atomic E-state index is 0.0193. The average Bonchev–Trinajstić information content (AvgIpc) is 2.87. The molecule has 1 atom stereocenters. The van der Waals surface area contributed by atoms with Crippen LogP contribution in [0, 0.1) is 5.92 Å². The Bertz CT molecular complexity index is 1230. The maximum atomic E-state index is 12.7. The van der Waals surface area contributed by atoms with Gasteiger partial charge in [-0.3, -0.25) is 4.90 Å². The van der Waals surface area contributed by atoms with Gasteiger partial charge < -0.3 is 20.3 Å². The number of urea groups is 1. The molecule has 3 aromatic rings. The maximum Gasteiger partial charge on any atom is 0.328 e. The average molecular weight is 555 g/mol. The summed E-state index contributed by atoms with van der Waals surface area (Å²) in [5, 5.41) is 7.10. The maximum absolute atomic E-state index is 12.7. The zero-order chi connectivity index (χ0) is 25.7. The molecule has 1 fully saturated rings. The number of esters is 1. The quantitative estimate of drug-likeness (QED) is 0.418. The van der Waals surface area contributed by atoms with Crippen LogP contribution in [0.25, 0.3) is 10.9 Å². The Balaban J connectivity index is 1.43. The standard InChI is InChI=1S/C26H31BrN6O3/c1-17(2)23(25(34)36-3)31-24-20-9-4-5-10-21(20)29-22(30-24)16-32-11-13-33(14-12-32)26(35)28-19-8-6-7-18(27)15-19/h4-10,15,17,23H,11-14,16H2,1-3H3,(H,28,35)(H,29,30,31)/t23-/m0/s1. The molecule has 1 aliphatic rings. The number of ether oxygens (including phenoxy) is 1. The largest absolute Gasteiger partial charge is 0.467 e. The molecule has 9 nitrogen and oxygen atoms in total. The smallest absolute Gasteiger partial charge is 0.328 e. The molecule has 0 unspecified atom stereocenters. The molecule has 0 saturated carbocycles. The zero-order valence-electron chi connectivity index (χ0n) is 20.7. The Kier molecular flexibility index (Phi) is 8.37. The van der Waals surface area contributed by atoms with Gasteiger partial charge in [-0.25, -0.2) is 19.6 Å². The predicted molar refractivity (Wildman–Crippen MR) is 144 cm³/mol. The highest BCUT2D eigenvalue weighted by Crippen LogP contribution is 2.23. The van der Waals surface area contributed by atoms with Gasteiger partial charge in [-0.05, 0) is 36.2 Å². The number of amides is 2. The number of carbonyl (C=O) groups is 2. The lowest BCUT2D eigenvalue weighted by atomic mass is 10.0. The summed E-state index contributed by atoms with van der Waals surface area (Å²) < 4.78 is 5.91. The van der Waals surface area contributed by atoms with E-state index in [9.17, 15) is 9.59 Å². The Morgan fingerprint density at radius 1 is 1.06 bits per heavy atom. The number of hydrogen-bond acceptors (Lipinski definition) is 7. The molecule has 10 heteroatoms. The number of rotatable bonds is 7. The number of fused-ring (bicyclic) bond motifs is 1. The second-order valence-electron chi connectivity index (χ2n) is 9.10. The third-order valence-corrected chi connectivity index (χ3v) is 6.66. The predicted octanol–water partition coefficient (Wildman–Crippen LogP) is 4.35. The summed E-state index contributed by atoms with van der Waals surface area (Å²) in [6.07, 6.45) is 0. The van der Waals surface area contributed by atoms with Crippen molar-refractivity contribution in [1.82, 2.24) is 19.8 Å². The van der Waals surface area contributed by atoms with Crippen LogP contribution in [-0.4, -0.2) is 71.1 Å². The number of nitrogens with one attached hydrogen (secondary N) is 2. The first-order valence-electron chi connectivity index (χ1n) is 12.0. The minimum atomic E-state index is -0.520. The summed E-state index contributed by atoms with van der Waals surface area (Å²) in [6.45, 7) is 7.11. The van der Waals surface area contributed by atoms with Crippen molar-refractivity contribution in [3.63, 3.8) is 0 Å². The van der Waals surface area contributed by atoms with Crippen molar-refractivity contribution in [2.24, 2.45) is 5.92 Å². The monoisotopic (exact) mass is 554 g/mol. The molecule has 2 aromatic carbocycles. The first-order valence-corrected chi connectivity index (χ1v) is 12.8. The van der Waals surface area contributed by atoms with Gasteiger partial charge in [0.05, 0.1) is 19.2 Å². The molecule has 1 aliphatic heterocycles. The molecule has 4 rings (SSSR count). The van der Waals surface area contributed by atoms with Crippen LogP contribution < -0.4 is 10.6 Å². The van der Waals surface area contributed by atoms with Gasteiger partial charge in [0.1, 0.15) is 17.7 Å². The molecule has 0 radical (unpaired) electrons. The van der Waals surface area contributed by atoms with E-state index in [1.807, 2.05) is 67.3 Å². The number of para-hydroxylation sites is 1. The number of aromatic nitrogens is 2. The molecule has 2 heterocycles. The molecule has 2 N–H and O–H groups in total. The summed E-state index contributed by atoms with van der Waals surface area (Å²) in [5.41, 5.74) is 1.57. The highest BCUT2D eigenvalue weighted by molar-refractivity contribution is 9.10. The Hall–Kier alpha value is -3.24. The Morgan fingerprint density at radius 2 is 1.81 bits per heavy atom. The van der Waals surface area contributed by atoms with Crippen molar-refractivity contribution < 1.29 is 14.3 Å². The van der Waals surface area contributed by atoms with Crippen molar-refractivity contribution in [2.75, 3.05) is 43.9 Å². The minimum Gasteiger partial charge on any atom is -0.467 e. The van der Waals surface area contributed by atoms with E-state index in [0.29, 0.717) is 44.4 Å². The van der Waals surface area contributed by atoms with Crippen molar-refractivity contribution >= 4 is 50.3 Å². The van der Waals surface area contributed by atoms with E-state index in [-0.39, 0.29) is 17.9 Å². The Labute approximate surface area is 219 Å². The van der Waals surface area contributed by atoms with Crippen LogP contribution in [0.15, 0.2) is 53.0 Å². The van der Waals surface area contributed by atoms with Crippen LogP contribution in [0.2, 0.25) is 0 Å². The molecule has 0 spiro atoms. The van der Waals surface area contributed by atoms with Crippen molar-refractivity contribution in [3.8, 4) is 0 Å². The summed E-state index contributed by atoms with van der Waals surface area (Å²) in [7, 11) is 1.39. The molecule has 0 bridgehead atoms. The van der Waals surface area contributed by atoms with Gasteiger partial charge >= 0.3 is 12.0 Å². The van der Waals surface area contributed by atoms with Gasteiger partial charge in [0.2, 0.25) is 0 Å². The van der Waals surface area contributed by atoms with Gasteiger partial charge in [0, 0.05) is 41.7 Å². The molecule has 190 valence electrons. The molecule has 36 heavy (non-hydrogen) atoms. The van der Waals surface area contributed by atoms with Crippen molar-refractivity contribution in [2.45, 2.75) is 26.4 Å². The van der Waals surface area contributed by atoms with Crippen LogP contribution in [0.5, 0.6) is 0 Å². The SMILES string of the molecule is COC(=O)[C@@H](Nc1nc(CN2CCN(C(=O)Nc3cccc(Br)c3)CC2)nc2ccccc12)C(C)C. The van der Waals surface area contributed by atoms with E-state index in [1.54, 1.807) is 0 Å². The van der Waals surface area contributed by atoms with Crippen LogP contribution >= 0.6 is 15.9 Å². The highest BCUT2D eigenvalue weighted by Gasteiger charge is 2.25. The molecule has 0 aliphatic carbocycles. The fourth-order valence-electron chi connectivity index (χ4n) is 4.16. The van der Waals surface area contributed by atoms with Crippen LogP contribution in [0.1, 0.15) is 19.7 Å². The first kappa shape index (κ1) is 25.8. The van der Waals surface area contributed by atoms with Crippen LogP contribution in [0.3, 0.4) is 0 Å². The van der Waals surface area contributed by atoms with Gasteiger partial charge in [0.25, 0.3) is 0 Å². The van der Waals surface area contributed by atoms with Crippen LogP contribution in [-0.2, 0) is 16.1 Å². The molecular weight excluding hydrogens is 524 g/mol. The number of nitrogens with zero attached hydrogens (tertiary/aromatic N) is 4. The third kappa shape index (κ3) is 6.30. The zero-order valence-corrected chi connectivity index (χ0v) is 22.3. The summed E-state index contributed by atoms with van der Waals surface area (Å²) in [6, 6.07) is 14.7. The van der Waals surface area contributed by atoms with E-state index in [4.69, 9.17) is 14.7 Å². The number of anilines is 2. The van der Waals surface area contributed by atoms with E-state index in [2.05, 4.69) is 31.5 Å². The van der Waals surface area contributed by atoms with Crippen molar-refractivity contribution in [3.05, 3.63) is 58.8 Å². The number of hydrogen-bond donors (Lipinski definition) is 2. The molecule has 1 saturated heterocycles. The van der Waals surface area contributed by atoms with E-state index in [0.717, 1.165) is 21.1 Å². The number of benzene rings is 2. The summed E-state index contributed by atoms with van der Waals surface area (Å²) in [4.78, 5) is 38.6. The summed E-state index contributed by atoms with van der Waals surface area (Å²) >= 11 is 3.43. The number of methoxy groups -OCH3 is 1. The van der Waals surface area contributed by atoms with Gasteiger partial charge in [-0.15, -0.1) is 0 Å². The topological polar surface area (TPSA) is 99.7 Å². The van der Waals surface area contributed by atoms with E-state index < -0.39 is 6.04 Å². The normalized spacial score (nSPS) is 15.1. The summed E-state index contributed by atoms with van der Waals surface area (Å²) in [5.74, 6) is 0.972. The lowest BCUT2D eigenvalue weighted by Gasteiger charge is -2.34. The fraction of sp³-hybridized carbons (Fsp3) is 0.385. The highest BCUT2D eigenvalue weighted by atomic mass is 79.9.